The van der Waals surface area contributed by atoms with Gasteiger partial charge in [-0.2, -0.15) is 0 Å². The van der Waals surface area contributed by atoms with Crippen LogP contribution in [-0.4, -0.2) is 33.0 Å². The number of aliphatic hydroxyl groups is 1. The minimum atomic E-state index is -2.94. The Labute approximate surface area is 179 Å². The van der Waals surface area contributed by atoms with Crippen LogP contribution in [0, 0.1) is 5.92 Å². The molecule has 164 valence electrons. The third-order valence-electron chi connectivity index (χ3n) is 5.34. The van der Waals surface area contributed by atoms with Gasteiger partial charge in [0.2, 0.25) is 5.91 Å². The number of nitrogens with zero attached hydrogens (tertiary/aromatic N) is 2. The number of aromatic nitrogens is 2. The molecule has 1 aliphatic rings. The van der Waals surface area contributed by atoms with Crippen LogP contribution >= 0.6 is 0 Å². The zero-order valence-electron chi connectivity index (χ0n) is 17.7. The first-order valence-electron chi connectivity index (χ1n) is 10.0. The maximum absolute atomic E-state index is 13.1. The van der Waals surface area contributed by atoms with E-state index < -0.39 is 30.3 Å². The van der Waals surface area contributed by atoms with Crippen LogP contribution in [0.4, 0.5) is 20.4 Å². The molecule has 8 heteroatoms. The first kappa shape index (κ1) is 22.6. The van der Waals surface area contributed by atoms with Gasteiger partial charge in [-0.3, -0.25) is 4.79 Å². The standard InChI is InChI=1S/C23H26F2N4O2/c1-5-15(12(3)7-13(4)19(30)6-2)16-8-14-11-27-20(9-18(14)28-21(16)26)29-22(31)17-10-23(17,24)25/h5,7-9,11,17,19,30H,4,6,10H2,1-3H3,(H2,26,28)(H,27,29,31)/b12-7-,15-5+. The summed E-state index contributed by atoms with van der Waals surface area (Å²) in [6, 6.07) is 3.34. The maximum Gasteiger partial charge on any atom is 0.260 e. The van der Waals surface area contributed by atoms with E-state index in [-0.39, 0.29) is 11.6 Å². The Morgan fingerprint density at radius 3 is 2.74 bits per heavy atom. The number of amides is 1. The summed E-state index contributed by atoms with van der Waals surface area (Å²) < 4.78 is 26.2. The Morgan fingerprint density at radius 1 is 1.48 bits per heavy atom. The molecule has 1 amide bonds. The summed E-state index contributed by atoms with van der Waals surface area (Å²) >= 11 is 0. The second kappa shape index (κ2) is 8.55. The monoisotopic (exact) mass is 428 g/mol. The van der Waals surface area contributed by atoms with Gasteiger partial charge in [-0.05, 0) is 43.1 Å². The summed E-state index contributed by atoms with van der Waals surface area (Å²) in [5.74, 6) is -4.59. The topological polar surface area (TPSA) is 101 Å². The van der Waals surface area contributed by atoms with Crippen molar-refractivity contribution >= 4 is 34.0 Å². The van der Waals surface area contributed by atoms with Gasteiger partial charge in [0.15, 0.2) is 0 Å². The number of halogens is 2. The molecule has 3 rings (SSSR count). The SMILES string of the molecule is C=C(/C=C(C)\C(=C/C)c1cc2cnc(NC(=O)C3CC3(F)F)cc2nc1N)C(O)CC. The number of carbonyl (C=O) groups excluding carboxylic acids is 1. The predicted molar refractivity (Wildman–Crippen MR) is 118 cm³/mol. The molecule has 6 nitrogen and oxygen atoms in total. The van der Waals surface area contributed by atoms with Gasteiger partial charge < -0.3 is 16.2 Å². The number of nitrogens with two attached hydrogens (primary N) is 1. The van der Waals surface area contributed by atoms with Crippen LogP contribution in [0.15, 0.2) is 48.2 Å². The van der Waals surface area contributed by atoms with Crippen LogP contribution in [0.1, 0.15) is 39.2 Å². The van der Waals surface area contributed by atoms with Crippen molar-refractivity contribution in [2.45, 2.75) is 45.6 Å². The number of carbonyl (C=O) groups is 1. The highest BCUT2D eigenvalue weighted by Gasteiger charge is 2.61. The molecule has 2 unspecified atom stereocenters. The van der Waals surface area contributed by atoms with Gasteiger partial charge in [-0.25, -0.2) is 18.7 Å². The number of pyridine rings is 2. The lowest BCUT2D eigenvalue weighted by molar-refractivity contribution is -0.119. The molecule has 0 aliphatic heterocycles. The average molecular weight is 428 g/mol. The smallest absolute Gasteiger partial charge is 0.260 e. The minimum Gasteiger partial charge on any atom is -0.388 e. The fourth-order valence-electron chi connectivity index (χ4n) is 3.39. The fraction of sp³-hybridized carbons (Fsp3) is 0.348. The van der Waals surface area contributed by atoms with Crippen molar-refractivity contribution in [1.82, 2.24) is 9.97 Å². The van der Waals surface area contributed by atoms with Crippen LogP contribution in [0.2, 0.25) is 0 Å². The molecular weight excluding hydrogens is 402 g/mol. The van der Waals surface area contributed by atoms with Crippen molar-refractivity contribution in [3.05, 3.63) is 53.8 Å². The number of aliphatic hydroxyl groups excluding tert-OH is 1. The number of rotatable bonds is 7. The van der Waals surface area contributed by atoms with Gasteiger partial charge in [0.05, 0.1) is 11.6 Å². The number of hydrogen-bond acceptors (Lipinski definition) is 5. The summed E-state index contributed by atoms with van der Waals surface area (Å²) in [6.07, 6.45) is 4.73. The van der Waals surface area contributed by atoms with Gasteiger partial charge in [-0.1, -0.05) is 25.7 Å². The molecule has 4 N–H and O–H groups in total. The summed E-state index contributed by atoms with van der Waals surface area (Å²) in [4.78, 5) is 20.5. The van der Waals surface area contributed by atoms with Crippen LogP contribution in [0.3, 0.4) is 0 Å². The molecule has 0 spiro atoms. The van der Waals surface area contributed by atoms with E-state index in [0.29, 0.717) is 28.5 Å². The summed E-state index contributed by atoms with van der Waals surface area (Å²) in [5.41, 5.74) is 9.70. The molecule has 1 aliphatic carbocycles. The zero-order valence-corrected chi connectivity index (χ0v) is 17.7. The first-order chi connectivity index (χ1) is 14.6. The van der Waals surface area contributed by atoms with Crippen molar-refractivity contribution in [2.75, 3.05) is 11.1 Å². The van der Waals surface area contributed by atoms with E-state index in [2.05, 4.69) is 21.9 Å². The third-order valence-corrected chi connectivity index (χ3v) is 5.34. The summed E-state index contributed by atoms with van der Waals surface area (Å²) in [6.45, 7) is 9.57. The molecule has 0 aromatic carbocycles. The number of fused-ring (bicyclic) bond motifs is 1. The Balaban J connectivity index is 1.89. The second-order valence-electron chi connectivity index (χ2n) is 7.72. The molecule has 2 heterocycles. The number of anilines is 2. The number of allylic oxidation sites excluding steroid dienone is 3. The van der Waals surface area contributed by atoms with Crippen molar-refractivity contribution < 1.29 is 18.7 Å². The van der Waals surface area contributed by atoms with E-state index >= 15 is 0 Å². The largest absolute Gasteiger partial charge is 0.388 e. The van der Waals surface area contributed by atoms with Gasteiger partial charge >= 0.3 is 0 Å². The van der Waals surface area contributed by atoms with E-state index in [9.17, 15) is 18.7 Å². The van der Waals surface area contributed by atoms with Crippen LogP contribution < -0.4 is 11.1 Å². The lowest BCUT2D eigenvalue weighted by Gasteiger charge is -2.14. The highest BCUT2D eigenvalue weighted by molar-refractivity contribution is 5.97. The van der Waals surface area contributed by atoms with E-state index in [4.69, 9.17) is 5.73 Å². The fourth-order valence-corrected chi connectivity index (χ4v) is 3.39. The lowest BCUT2D eigenvalue weighted by atomic mass is 9.95. The molecule has 0 radical (unpaired) electrons. The lowest BCUT2D eigenvalue weighted by Crippen LogP contribution is -2.18. The van der Waals surface area contributed by atoms with Crippen LogP contribution in [-0.2, 0) is 4.79 Å². The quantitative estimate of drug-likeness (QED) is 0.565. The van der Waals surface area contributed by atoms with Crippen molar-refractivity contribution in [1.29, 1.82) is 0 Å². The normalized spacial score (nSPS) is 19.2. The summed E-state index contributed by atoms with van der Waals surface area (Å²) in [7, 11) is 0. The molecule has 2 atom stereocenters. The van der Waals surface area contributed by atoms with Gasteiger partial charge in [0, 0.05) is 29.6 Å². The van der Waals surface area contributed by atoms with E-state index in [1.165, 1.54) is 12.3 Å². The Kier molecular flexibility index (Phi) is 6.22. The average Bonchev–Trinajstić information content (AvgIpc) is 3.36. The van der Waals surface area contributed by atoms with Gasteiger partial charge in [-0.15, -0.1) is 0 Å². The Morgan fingerprint density at radius 2 is 2.16 bits per heavy atom. The summed E-state index contributed by atoms with van der Waals surface area (Å²) in [5, 5.41) is 13.1. The van der Waals surface area contributed by atoms with Crippen LogP contribution in [0.5, 0.6) is 0 Å². The number of alkyl halides is 2. The Bertz CT molecular complexity index is 1110. The molecule has 1 fully saturated rings. The molecular formula is C23H26F2N4O2. The Hall–Kier alpha value is -3.13. The molecule has 2 aromatic heterocycles. The predicted octanol–water partition coefficient (Wildman–Crippen LogP) is 4.48. The first-order valence-corrected chi connectivity index (χ1v) is 10.0. The minimum absolute atomic E-state index is 0.145. The number of hydrogen-bond donors (Lipinski definition) is 3. The molecule has 31 heavy (non-hydrogen) atoms. The van der Waals surface area contributed by atoms with Crippen molar-refractivity contribution in [3.8, 4) is 0 Å². The number of nitrogens with one attached hydrogen (secondary N) is 1. The highest BCUT2D eigenvalue weighted by Crippen LogP contribution is 2.49. The van der Waals surface area contributed by atoms with E-state index in [1.807, 2.05) is 39.0 Å². The van der Waals surface area contributed by atoms with Gasteiger partial charge in [0.25, 0.3) is 5.92 Å². The number of nitrogen functional groups attached to an aromatic ring is 1. The molecule has 0 saturated heterocycles. The molecule has 0 bridgehead atoms. The maximum atomic E-state index is 13.1. The van der Waals surface area contributed by atoms with Crippen molar-refractivity contribution in [2.24, 2.45) is 5.92 Å². The van der Waals surface area contributed by atoms with Crippen LogP contribution in [0.25, 0.3) is 16.5 Å². The zero-order chi connectivity index (χ0) is 22.9. The molecule has 2 aromatic rings. The van der Waals surface area contributed by atoms with E-state index in [0.717, 1.165) is 11.1 Å². The van der Waals surface area contributed by atoms with Crippen molar-refractivity contribution in [3.63, 3.8) is 0 Å². The van der Waals surface area contributed by atoms with E-state index in [1.54, 1.807) is 0 Å². The highest BCUT2D eigenvalue weighted by atomic mass is 19.3. The third kappa shape index (κ3) is 4.80. The second-order valence-corrected chi connectivity index (χ2v) is 7.72. The molecule has 1 saturated carbocycles. The van der Waals surface area contributed by atoms with Gasteiger partial charge in [0.1, 0.15) is 17.6 Å².